The standard InChI is InChI=1S/C12H26O/c1-8(2)10(5)11(13)12(6,7)9(3)4/h8-11,13H,1-7H3. The van der Waals surface area contributed by atoms with E-state index in [1.54, 1.807) is 0 Å². The molecule has 0 aliphatic heterocycles. The molecule has 0 heterocycles. The first-order chi connectivity index (χ1) is 5.71. The van der Waals surface area contributed by atoms with E-state index in [4.69, 9.17) is 0 Å². The smallest absolute Gasteiger partial charge is 0.0621 e. The summed E-state index contributed by atoms with van der Waals surface area (Å²) in [5.74, 6) is 1.44. The maximum atomic E-state index is 10.2. The number of hydrogen-bond donors (Lipinski definition) is 1. The van der Waals surface area contributed by atoms with Crippen molar-refractivity contribution in [1.82, 2.24) is 0 Å². The number of hydrogen-bond acceptors (Lipinski definition) is 1. The van der Waals surface area contributed by atoms with E-state index in [-0.39, 0.29) is 11.5 Å². The highest BCUT2D eigenvalue weighted by Crippen LogP contribution is 2.35. The summed E-state index contributed by atoms with van der Waals surface area (Å²) in [6, 6.07) is 0. The SMILES string of the molecule is CC(C)C(C)C(O)C(C)(C)C(C)C. The third kappa shape index (κ3) is 2.98. The van der Waals surface area contributed by atoms with Gasteiger partial charge in [0.15, 0.2) is 0 Å². The van der Waals surface area contributed by atoms with E-state index in [1.807, 2.05) is 0 Å². The third-order valence-corrected chi connectivity index (χ3v) is 3.80. The molecule has 0 aromatic carbocycles. The van der Waals surface area contributed by atoms with Crippen LogP contribution in [0.1, 0.15) is 48.5 Å². The monoisotopic (exact) mass is 186 g/mol. The van der Waals surface area contributed by atoms with E-state index in [1.165, 1.54) is 0 Å². The fraction of sp³-hybridized carbons (Fsp3) is 1.00. The van der Waals surface area contributed by atoms with Crippen LogP contribution in [0.5, 0.6) is 0 Å². The molecule has 80 valence electrons. The van der Waals surface area contributed by atoms with Crippen LogP contribution in [0.3, 0.4) is 0 Å². The van der Waals surface area contributed by atoms with Crippen LogP contribution in [0.2, 0.25) is 0 Å². The quantitative estimate of drug-likeness (QED) is 0.714. The van der Waals surface area contributed by atoms with Crippen molar-refractivity contribution in [3.63, 3.8) is 0 Å². The predicted octanol–water partition coefficient (Wildman–Crippen LogP) is 3.32. The van der Waals surface area contributed by atoms with Gasteiger partial charge < -0.3 is 5.11 Å². The van der Waals surface area contributed by atoms with Crippen molar-refractivity contribution >= 4 is 0 Å². The zero-order chi connectivity index (χ0) is 10.8. The van der Waals surface area contributed by atoms with E-state index in [0.29, 0.717) is 17.8 Å². The summed E-state index contributed by atoms with van der Waals surface area (Å²) in [5, 5.41) is 10.2. The highest BCUT2D eigenvalue weighted by atomic mass is 16.3. The van der Waals surface area contributed by atoms with Crippen LogP contribution in [0.15, 0.2) is 0 Å². The molecule has 0 saturated carbocycles. The Labute approximate surface area is 83.5 Å². The highest BCUT2D eigenvalue weighted by molar-refractivity contribution is 4.84. The summed E-state index contributed by atoms with van der Waals surface area (Å²) in [4.78, 5) is 0. The maximum absolute atomic E-state index is 10.2. The molecule has 1 heteroatoms. The summed E-state index contributed by atoms with van der Waals surface area (Å²) < 4.78 is 0. The van der Waals surface area contributed by atoms with E-state index < -0.39 is 0 Å². The summed E-state index contributed by atoms with van der Waals surface area (Å²) in [7, 11) is 0. The normalized spacial score (nSPS) is 18.0. The molecule has 0 saturated heterocycles. The van der Waals surface area contributed by atoms with Crippen LogP contribution in [0.4, 0.5) is 0 Å². The van der Waals surface area contributed by atoms with Gasteiger partial charge in [-0.1, -0.05) is 48.5 Å². The van der Waals surface area contributed by atoms with Gasteiger partial charge in [-0.15, -0.1) is 0 Å². The zero-order valence-corrected chi connectivity index (χ0v) is 10.3. The Morgan fingerprint density at radius 3 is 1.54 bits per heavy atom. The minimum absolute atomic E-state index is 0.0175. The van der Waals surface area contributed by atoms with Gasteiger partial charge in [-0.05, 0) is 23.2 Å². The molecule has 0 amide bonds. The largest absolute Gasteiger partial charge is 0.392 e. The molecule has 0 aromatic rings. The Balaban J connectivity index is 4.48. The lowest BCUT2D eigenvalue weighted by molar-refractivity contribution is -0.0331. The van der Waals surface area contributed by atoms with Crippen molar-refractivity contribution < 1.29 is 5.11 Å². The minimum Gasteiger partial charge on any atom is -0.392 e. The molecular formula is C12H26O. The van der Waals surface area contributed by atoms with Gasteiger partial charge in [0.25, 0.3) is 0 Å². The van der Waals surface area contributed by atoms with Gasteiger partial charge >= 0.3 is 0 Å². The van der Waals surface area contributed by atoms with Crippen LogP contribution < -0.4 is 0 Å². The average molecular weight is 186 g/mol. The van der Waals surface area contributed by atoms with Crippen LogP contribution in [0.25, 0.3) is 0 Å². The van der Waals surface area contributed by atoms with Crippen LogP contribution >= 0.6 is 0 Å². The fourth-order valence-electron chi connectivity index (χ4n) is 1.38. The zero-order valence-electron chi connectivity index (χ0n) is 10.3. The lowest BCUT2D eigenvalue weighted by atomic mass is 9.70. The van der Waals surface area contributed by atoms with Gasteiger partial charge in [-0.3, -0.25) is 0 Å². The molecule has 2 atom stereocenters. The van der Waals surface area contributed by atoms with Gasteiger partial charge in [0.2, 0.25) is 0 Å². The summed E-state index contributed by atoms with van der Waals surface area (Å²) >= 11 is 0. The summed E-state index contributed by atoms with van der Waals surface area (Å²) in [6.07, 6.45) is -0.201. The topological polar surface area (TPSA) is 20.2 Å². The lowest BCUT2D eigenvalue weighted by Gasteiger charge is -2.39. The van der Waals surface area contributed by atoms with Gasteiger partial charge in [-0.25, -0.2) is 0 Å². The molecule has 0 spiro atoms. The van der Waals surface area contributed by atoms with Crippen molar-refractivity contribution in [1.29, 1.82) is 0 Å². The molecule has 0 aromatic heterocycles. The Morgan fingerprint density at radius 1 is 0.923 bits per heavy atom. The highest BCUT2D eigenvalue weighted by Gasteiger charge is 2.35. The van der Waals surface area contributed by atoms with Crippen molar-refractivity contribution in [3.05, 3.63) is 0 Å². The molecule has 0 aliphatic carbocycles. The van der Waals surface area contributed by atoms with E-state index >= 15 is 0 Å². The van der Waals surface area contributed by atoms with E-state index in [2.05, 4.69) is 48.5 Å². The second kappa shape index (κ2) is 4.45. The van der Waals surface area contributed by atoms with E-state index in [9.17, 15) is 5.11 Å². The Kier molecular flexibility index (Phi) is 4.44. The number of aliphatic hydroxyl groups is 1. The molecule has 0 fully saturated rings. The Hall–Kier alpha value is -0.0400. The number of aliphatic hydroxyl groups excluding tert-OH is 1. The second-order valence-electron chi connectivity index (χ2n) is 5.52. The second-order valence-corrected chi connectivity index (χ2v) is 5.52. The van der Waals surface area contributed by atoms with Crippen molar-refractivity contribution in [2.45, 2.75) is 54.6 Å². The predicted molar refractivity (Wildman–Crippen MR) is 58.6 cm³/mol. The molecule has 13 heavy (non-hydrogen) atoms. The molecular weight excluding hydrogens is 160 g/mol. The molecule has 1 N–H and O–H groups in total. The Morgan fingerprint density at radius 2 is 1.31 bits per heavy atom. The summed E-state index contributed by atoms with van der Waals surface area (Å²) in [5.41, 5.74) is 0.0175. The Bertz CT molecular complexity index is 147. The first-order valence-electron chi connectivity index (χ1n) is 5.39. The maximum Gasteiger partial charge on any atom is 0.0621 e. The lowest BCUT2D eigenvalue weighted by Crippen LogP contribution is -2.40. The summed E-state index contributed by atoms with van der Waals surface area (Å²) in [6.45, 7) is 15.1. The van der Waals surface area contributed by atoms with Crippen molar-refractivity contribution in [3.8, 4) is 0 Å². The van der Waals surface area contributed by atoms with Crippen LogP contribution in [-0.4, -0.2) is 11.2 Å². The molecule has 0 radical (unpaired) electrons. The molecule has 2 unspecified atom stereocenters. The van der Waals surface area contributed by atoms with Crippen LogP contribution in [-0.2, 0) is 0 Å². The van der Waals surface area contributed by atoms with Gasteiger partial charge in [0.05, 0.1) is 6.10 Å². The van der Waals surface area contributed by atoms with Gasteiger partial charge in [-0.2, -0.15) is 0 Å². The minimum atomic E-state index is -0.201. The molecule has 0 rings (SSSR count). The molecule has 0 bridgehead atoms. The van der Waals surface area contributed by atoms with Crippen molar-refractivity contribution in [2.75, 3.05) is 0 Å². The number of rotatable bonds is 4. The molecule has 0 aliphatic rings. The van der Waals surface area contributed by atoms with Crippen molar-refractivity contribution in [2.24, 2.45) is 23.2 Å². The van der Waals surface area contributed by atoms with Gasteiger partial charge in [0.1, 0.15) is 0 Å². The van der Waals surface area contributed by atoms with Gasteiger partial charge in [0, 0.05) is 0 Å². The fourth-order valence-corrected chi connectivity index (χ4v) is 1.38. The van der Waals surface area contributed by atoms with E-state index in [0.717, 1.165) is 0 Å². The van der Waals surface area contributed by atoms with Crippen LogP contribution in [0, 0.1) is 23.2 Å². The molecule has 1 nitrogen and oxygen atoms in total. The average Bonchev–Trinajstić information content (AvgIpc) is 2.01. The first-order valence-corrected chi connectivity index (χ1v) is 5.39. The third-order valence-electron chi connectivity index (χ3n) is 3.80. The first kappa shape index (κ1) is 13.0.